The Kier molecular flexibility index (Phi) is 8.03. The summed E-state index contributed by atoms with van der Waals surface area (Å²) in [5, 5.41) is 3.03. The normalized spacial score (nSPS) is 13.6. The van der Waals surface area contributed by atoms with Gasteiger partial charge in [-0.1, -0.05) is 81.0 Å². The third-order valence-electron chi connectivity index (χ3n) is 3.36. The number of hydrogen-bond acceptors (Lipinski definition) is 1. The molecule has 0 saturated carbocycles. The van der Waals surface area contributed by atoms with Crippen LogP contribution < -0.4 is 5.32 Å². The molecule has 0 radical (unpaired) electrons. The maximum atomic E-state index is 5.53. The first kappa shape index (κ1) is 18.3. The van der Waals surface area contributed by atoms with Crippen molar-refractivity contribution in [3.8, 4) is 12.3 Å². The number of nitrogens with one attached hydrogen (secondary N) is 1. The molecule has 118 valence electrons. The van der Waals surface area contributed by atoms with Crippen LogP contribution in [0.1, 0.15) is 31.4 Å². The monoisotopic (exact) mass is 303 g/mol. The Morgan fingerprint density at radius 2 is 2.09 bits per heavy atom. The largest absolute Gasteiger partial charge is 0.381 e. The molecular weight excluding hydrogens is 278 g/mol. The van der Waals surface area contributed by atoms with E-state index < -0.39 is 0 Å². The Balaban J connectivity index is 0.00000127. The van der Waals surface area contributed by atoms with Gasteiger partial charge in [-0.15, -0.1) is 6.42 Å². The number of rotatable bonds is 5. The van der Waals surface area contributed by atoms with Crippen LogP contribution in [0.25, 0.3) is 11.6 Å². The van der Waals surface area contributed by atoms with Crippen molar-refractivity contribution in [2.24, 2.45) is 0 Å². The lowest BCUT2D eigenvalue weighted by molar-refractivity contribution is 1.05. The maximum Gasteiger partial charge on any atom is 0.0927 e. The molecule has 0 bridgehead atoms. The highest BCUT2D eigenvalue weighted by molar-refractivity contribution is 5.79. The summed E-state index contributed by atoms with van der Waals surface area (Å²) in [5.74, 6) is 2.66. The first-order chi connectivity index (χ1) is 11.3. The molecule has 1 heteroatoms. The average molecular weight is 303 g/mol. The van der Waals surface area contributed by atoms with Crippen molar-refractivity contribution >= 4 is 11.6 Å². The fraction of sp³-hybridized carbons (Fsp3) is 0.182. The molecule has 0 heterocycles. The average Bonchev–Trinajstić information content (AvgIpc) is 3.13. The molecule has 1 aliphatic rings. The lowest BCUT2D eigenvalue weighted by Crippen LogP contribution is -2.06. The number of benzene rings is 1. The van der Waals surface area contributed by atoms with Gasteiger partial charge in [-0.3, -0.25) is 0 Å². The predicted molar refractivity (Wildman–Crippen MR) is 104 cm³/mol. The van der Waals surface area contributed by atoms with Gasteiger partial charge in [0.15, 0.2) is 0 Å². The summed E-state index contributed by atoms with van der Waals surface area (Å²) in [7, 11) is 1.82. The first-order valence-corrected chi connectivity index (χ1v) is 7.93. The molecule has 0 fully saturated rings. The Morgan fingerprint density at radius 3 is 2.65 bits per heavy atom. The van der Waals surface area contributed by atoms with E-state index in [4.69, 9.17) is 6.42 Å². The van der Waals surface area contributed by atoms with Gasteiger partial charge in [0.25, 0.3) is 0 Å². The molecule has 1 aliphatic carbocycles. The molecule has 1 aromatic rings. The molecule has 0 unspecified atom stereocenters. The smallest absolute Gasteiger partial charge is 0.0927 e. The van der Waals surface area contributed by atoms with Crippen molar-refractivity contribution in [1.29, 1.82) is 0 Å². The summed E-state index contributed by atoms with van der Waals surface area (Å²) >= 11 is 0. The third-order valence-corrected chi connectivity index (χ3v) is 3.36. The Bertz CT molecular complexity index is 691. The highest BCUT2D eigenvalue weighted by Gasteiger charge is 2.04. The highest BCUT2D eigenvalue weighted by Crippen LogP contribution is 2.21. The summed E-state index contributed by atoms with van der Waals surface area (Å²) in [6.45, 7) is 7.86. The molecule has 0 aromatic heterocycles. The fourth-order valence-electron chi connectivity index (χ4n) is 2.25. The van der Waals surface area contributed by atoms with Gasteiger partial charge in [0.05, 0.1) is 5.70 Å². The Morgan fingerprint density at radius 1 is 1.30 bits per heavy atom. The number of allylic oxidation sites excluding steroid dienone is 8. The fourth-order valence-corrected chi connectivity index (χ4v) is 2.25. The zero-order valence-electron chi connectivity index (χ0n) is 14.3. The van der Waals surface area contributed by atoms with Crippen LogP contribution in [0.5, 0.6) is 0 Å². The minimum Gasteiger partial charge on any atom is -0.381 e. The second-order valence-corrected chi connectivity index (χ2v) is 4.72. The molecule has 1 N–H and O–H groups in total. The van der Waals surface area contributed by atoms with Crippen LogP contribution in [-0.2, 0) is 0 Å². The van der Waals surface area contributed by atoms with E-state index >= 15 is 0 Å². The van der Waals surface area contributed by atoms with E-state index in [1.54, 1.807) is 6.08 Å². The number of hydrogen-bond donors (Lipinski definition) is 1. The van der Waals surface area contributed by atoms with Crippen LogP contribution in [0.15, 0.2) is 72.5 Å². The molecule has 23 heavy (non-hydrogen) atoms. The number of terminal acetylenes is 1. The molecule has 1 aromatic carbocycles. The highest BCUT2D eigenvalue weighted by atomic mass is 14.8. The van der Waals surface area contributed by atoms with Gasteiger partial charge in [0, 0.05) is 12.6 Å². The summed E-state index contributed by atoms with van der Waals surface area (Å²) < 4.78 is 0. The van der Waals surface area contributed by atoms with Gasteiger partial charge in [0.2, 0.25) is 0 Å². The first-order valence-electron chi connectivity index (χ1n) is 7.93. The van der Waals surface area contributed by atoms with Gasteiger partial charge >= 0.3 is 0 Å². The molecule has 0 amide bonds. The third kappa shape index (κ3) is 5.20. The van der Waals surface area contributed by atoms with Crippen LogP contribution in [0, 0.1) is 12.3 Å². The van der Waals surface area contributed by atoms with Crippen molar-refractivity contribution in [3.05, 3.63) is 83.6 Å². The lowest BCUT2D eigenvalue weighted by atomic mass is 10.0. The van der Waals surface area contributed by atoms with Crippen molar-refractivity contribution in [2.75, 3.05) is 7.05 Å². The second kappa shape index (κ2) is 10.1. The van der Waals surface area contributed by atoms with Crippen LogP contribution >= 0.6 is 0 Å². The van der Waals surface area contributed by atoms with Gasteiger partial charge < -0.3 is 5.32 Å². The van der Waals surface area contributed by atoms with Crippen LogP contribution in [0.3, 0.4) is 0 Å². The molecule has 0 aliphatic heterocycles. The van der Waals surface area contributed by atoms with Crippen molar-refractivity contribution in [1.82, 2.24) is 5.32 Å². The van der Waals surface area contributed by atoms with E-state index in [2.05, 4.69) is 60.3 Å². The summed E-state index contributed by atoms with van der Waals surface area (Å²) in [5.41, 5.74) is 5.21. The standard InChI is InChI=1S/C20H19N.C2H6/c1-4-19(20(5-2)21-3)18-12-8-11-17(15-18)14-13-16-9-6-7-10-16;1-2/h2,4,6-9,11-15,21H,1,10H2,3H3;1-2H3/b14-13+,20-19+;. The lowest BCUT2D eigenvalue weighted by Gasteiger charge is -2.08. The SMILES string of the molecule is C#C/C(NC)=C(/C=C)c1cccc(/C=C/C2=CC=CC2)c1.CC. The minimum absolute atomic E-state index is 0.744. The second-order valence-electron chi connectivity index (χ2n) is 4.72. The topological polar surface area (TPSA) is 12.0 Å². The van der Waals surface area contributed by atoms with E-state index in [9.17, 15) is 0 Å². The molecule has 0 spiro atoms. The van der Waals surface area contributed by atoms with Crippen molar-refractivity contribution < 1.29 is 0 Å². The molecule has 0 saturated heterocycles. The van der Waals surface area contributed by atoms with Gasteiger partial charge in [-0.25, -0.2) is 0 Å². The van der Waals surface area contributed by atoms with Crippen molar-refractivity contribution in [2.45, 2.75) is 20.3 Å². The quantitative estimate of drug-likeness (QED) is 0.570. The van der Waals surface area contributed by atoms with Crippen molar-refractivity contribution in [3.63, 3.8) is 0 Å². The zero-order chi connectivity index (χ0) is 17.1. The Labute approximate surface area is 140 Å². The van der Waals surface area contributed by atoms with E-state index in [1.165, 1.54) is 5.57 Å². The Hall–Kier alpha value is -2.72. The summed E-state index contributed by atoms with van der Waals surface area (Å²) in [4.78, 5) is 0. The maximum absolute atomic E-state index is 5.53. The van der Waals surface area contributed by atoms with Gasteiger partial charge in [-0.05, 0) is 29.2 Å². The minimum atomic E-state index is 0.744. The van der Waals surface area contributed by atoms with E-state index in [-0.39, 0.29) is 0 Å². The van der Waals surface area contributed by atoms with Crippen LogP contribution in [-0.4, -0.2) is 7.05 Å². The summed E-state index contributed by atoms with van der Waals surface area (Å²) in [6.07, 6.45) is 19.0. The molecule has 0 atom stereocenters. The van der Waals surface area contributed by atoms with Gasteiger partial charge in [-0.2, -0.15) is 0 Å². The molecule has 2 rings (SSSR count). The predicted octanol–water partition coefficient (Wildman–Crippen LogP) is 5.36. The zero-order valence-corrected chi connectivity index (χ0v) is 14.3. The van der Waals surface area contributed by atoms with E-state index in [1.807, 2.05) is 33.0 Å². The molecule has 1 nitrogen and oxygen atoms in total. The van der Waals surface area contributed by atoms with Crippen LogP contribution in [0.4, 0.5) is 0 Å². The van der Waals surface area contributed by atoms with E-state index in [0.29, 0.717) is 0 Å². The van der Waals surface area contributed by atoms with Gasteiger partial charge in [0.1, 0.15) is 0 Å². The summed E-state index contributed by atoms with van der Waals surface area (Å²) in [6, 6.07) is 8.27. The van der Waals surface area contributed by atoms with Crippen LogP contribution in [0.2, 0.25) is 0 Å². The van der Waals surface area contributed by atoms with E-state index in [0.717, 1.165) is 28.8 Å². The molecular formula is C22H25N.